The molecule has 2 N–H and O–H groups in total. The van der Waals surface area contributed by atoms with Crippen molar-refractivity contribution in [2.75, 3.05) is 26.3 Å². The molecule has 0 heterocycles. The number of hydrogen-bond acceptors (Lipinski definition) is 4. The smallest absolute Gasteiger partial charge is 0.257 e. The molecule has 0 saturated heterocycles. The highest BCUT2D eigenvalue weighted by Crippen LogP contribution is 2.25. The van der Waals surface area contributed by atoms with Gasteiger partial charge in [-0.15, -0.1) is 0 Å². The van der Waals surface area contributed by atoms with Crippen LogP contribution in [0.3, 0.4) is 0 Å². The van der Waals surface area contributed by atoms with E-state index in [1.165, 1.54) is 11.1 Å². The molecule has 0 unspecified atom stereocenters. The molecule has 0 aliphatic heterocycles. The number of rotatable bonds is 13. The Bertz CT molecular complexity index is 859. The largest absolute Gasteiger partial charge is 0.484 e. The molecule has 0 aromatic heterocycles. The van der Waals surface area contributed by atoms with E-state index >= 15 is 0 Å². The van der Waals surface area contributed by atoms with Gasteiger partial charge in [-0.3, -0.25) is 9.59 Å². The van der Waals surface area contributed by atoms with Gasteiger partial charge in [-0.05, 0) is 59.1 Å². The maximum Gasteiger partial charge on any atom is 0.257 e. The standard InChI is InChI=1S/C30H44N2O4/c1-29(2,3)23-11-15-25(16-12-23)35-21-27(33)31-19-9-7-8-10-20-32-28(34)22-36-26-17-13-24(14-18-26)30(4,5)6/h11-18H,7-10,19-22H2,1-6H3,(H,31,33)(H,32,34). The lowest BCUT2D eigenvalue weighted by molar-refractivity contribution is -0.123. The molecule has 6 heteroatoms. The van der Waals surface area contributed by atoms with Gasteiger partial charge < -0.3 is 20.1 Å². The molecule has 2 aromatic rings. The maximum atomic E-state index is 12.0. The van der Waals surface area contributed by atoms with Crippen LogP contribution in [0.25, 0.3) is 0 Å². The van der Waals surface area contributed by atoms with Gasteiger partial charge in [-0.2, -0.15) is 0 Å². The Morgan fingerprint density at radius 1 is 0.583 bits per heavy atom. The molecule has 0 atom stereocenters. The molecule has 0 aliphatic carbocycles. The van der Waals surface area contributed by atoms with E-state index in [0.29, 0.717) is 24.6 Å². The number of unbranched alkanes of at least 4 members (excludes halogenated alkanes) is 3. The highest BCUT2D eigenvalue weighted by Gasteiger charge is 2.14. The van der Waals surface area contributed by atoms with Crippen LogP contribution in [-0.2, 0) is 20.4 Å². The maximum absolute atomic E-state index is 12.0. The summed E-state index contributed by atoms with van der Waals surface area (Å²) in [4.78, 5) is 24.0. The molecule has 198 valence electrons. The summed E-state index contributed by atoms with van der Waals surface area (Å²) in [7, 11) is 0. The third-order valence-corrected chi connectivity index (χ3v) is 5.93. The Labute approximate surface area is 217 Å². The summed E-state index contributed by atoms with van der Waals surface area (Å²) in [5.74, 6) is 1.17. The van der Waals surface area contributed by atoms with Crippen LogP contribution in [-0.4, -0.2) is 38.1 Å². The second kappa shape index (κ2) is 13.9. The van der Waals surface area contributed by atoms with E-state index < -0.39 is 0 Å². The van der Waals surface area contributed by atoms with E-state index in [4.69, 9.17) is 9.47 Å². The van der Waals surface area contributed by atoms with Crippen LogP contribution in [0.5, 0.6) is 11.5 Å². The Morgan fingerprint density at radius 3 is 1.22 bits per heavy atom. The quantitative estimate of drug-likeness (QED) is 0.357. The predicted molar refractivity (Wildman–Crippen MR) is 146 cm³/mol. The monoisotopic (exact) mass is 496 g/mol. The first kappa shape index (κ1) is 29.2. The molecular weight excluding hydrogens is 452 g/mol. The molecule has 0 aliphatic rings. The highest BCUT2D eigenvalue weighted by atomic mass is 16.5. The van der Waals surface area contributed by atoms with Crippen molar-refractivity contribution in [3.63, 3.8) is 0 Å². The fourth-order valence-electron chi connectivity index (χ4n) is 3.56. The van der Waals surface area contributed by atoms with Crippen LogP contribution in [0.2, 0.25) is 0 Å². The van der Waals surface area contributed by atoms with Crippen LogP contribution < -0.4 is 20.1 Å². The Kier molecular flexibility index (Phi) is 11.3. The number of ether oxygens (including phenoxy) is 2. The van der Waals surface area contributed by atoms with Crippen molar-refractivity contribution in [2.45, 2.75) is 78.1 Å². The van der Waals surface area contributed by atoms with E-state index in [1.54, 1.807) is 0 Å². The van der Waals surface area contributed by atoms with Gasteiger partial charge in [0.25, 0.3) is 11.8 Å². The van der Waals surface area contributed by atoms with Crippen molar-refractivity contribution >= 4 is 11.8 Å². The minimum Gasteiger partial charge on any atom is -0.484 e. The van der Waals surface area contributed by atoms with E-state index in [-0.39, 0.29) is 35.9 Å². The fraction of sp³-hybridized carbons (Fsp3) is 0.533. The molecular formula is C30H44N2O4. The Morgan fingerprint density at radius 2 is 0.917 bits per heavy atom. The van der Waals surface area contributed by atoms with Crippen LogP contribution in [0, 0.1) is 0 Å². The summed E-state index contributed by atoms with van der Waals surface area (Å²) < 4.78 is 11.1. The third-order valence-electron chi connectivity index (χ3n) is 5.93. The molecule has 0 bridgehead atoms. The number of benzene rings is 2. The molecule has 6 nitrogen and oxygen atoms in total. The molecule has 2 rings (SSSR count). The topological polar surface area (TPSA) is 76.7 Å². The first-order valence-corrected chi connectivity index (χ1v) is 13.0. The van der Waals surface area contributed by atoms with Gasteiger partial charge in [-0.25, -0.2) is 0 Å². The lowest BCUT2D eigenvalue weighted by Gasteiger charge is -2.19. The average Bonchev–Trinajstić information content (AvgIpc) is 2.82. The number of carbonyl (C=O) groups is 2. The van der Waals surface area contributed by atoms with Crippen molar-refractivity contribution in [1.29, 1.82) is 0 Å². The second-order valence-electron chi connectivity index (χ2n) is 11.2. The van der Waals surface area contributed by atoms with Crippen molar-refractivity contribution in [1.82, 2.24) is 10.6 Å². The molecule has 0 radical (unpaired) electrons. The van der Waals surface area contributed by atoms with Crippen molar-refractivity contribution < 1.29 is 19.1 Å². The summed E-state index contributed by atoms with van der Waals surface area (Å²) in [6.45, 7) is 14.3. The van der Waals surface area contributed by atoms with Crippen LogP contribution in [0.4, 0.5) is 0 Å². The Balaban J connectivity index is 1.47. The lowest BCUT2D eigenvalue weighted by atomic mass is 9.87. The van der Waals surface area contributed by atoms with Crippen molar-refractivity contribution in [2.24, 2.45) is 0 Å². The molecule has 0 spiro atoms. The van der Waals surface area contributed by atoms with Gasteiger partial charge in [0.1, 0.15) is 11.5 Å². The minimum atomic E-state index is -0.116. The van der Waals surface area contributed by atoms with Gasteiger partial charge in [0.2, 0.25) is 0 Å². The number of hydrogen-bond donors (Lipinski definition) is 2. The summed E-state index contributed by atoms with van der Waals surface area (Å²) in [6, 6.07) is 15.8. The second-order valence-corrected chi connectivity index (χ2v) is 11.2. The third kappa shape index (κ3) is 11.1. The van der Waals surface area contributed by atoms with E-state index in [0.717, 1.165) is 25.7 Å². The van der Waals surface area contributed by atoms with Crippen LogP contribution in [0.1, 0.15) is 78.4 Å². The summed E-state index contributed by atoms with van der Waals surface area (Å²) in [5.41, 5.74) is 2.65. The predicted octanol–water partition coefficient (Wildman–Crippen LogP) is 5.53. The first-order chi connectivity index (χ1) is 16.9. The van der Waals surface area contributed by atoms with Gasteiger partial charge >= 0.3 is 0 Å². The number of carbonyl (C=O) groups excluding carboxylic acids is 2. The zero-order valence-corrected chi connectivity index (χ0v) is 22.9. The molecule has 36 heavy (non-hydrogen) atoms. The van der Waals surface area contributed by atoms with Gasteiger partial charge in [0, 0.05) is 13.1 Å². The van der Waals surface area contributed by atoms with E-state index in [9.17, 15) is 9.59 Å². The molecule has 2 aromatic carbocycles. The Hall–Kier alpha value is -3.02. The normalized spacial score (nSPS) is 11.6. The zero-order valence-electron chi connectivity index (χ0n) is 22.9. The van der Waals surface area contributed by atoms with E-state index in [1.807, 2.05) is 48.5 Å². The number of nitrogens with one attached hydrogen (secondary N) is 2. The summed E-state index contributed by atoms with van der Waals surface area (Å²) in [5, 5.41) is 5.78. The van der Waals surface area contributed by atoms with Crippen molar-refractivity contribution in [3.05, 3.63) is 59.7 Å². The fourth-order valence-corrected chi connectivity index (χ4v) is 3.56. The average molecular weight is 497 g/mol. The van der Waals surface area contributed by atoms with E-state index in [2.05, 4.69) is 52.2 Å². The molecule has 2 amide bonds. The van der Waals surface area contributed by atoms with Gasteiger partial charge in [-0.1, -0.05) is 78.6 Å². The first-order valence-electron chi connectivity index (χ1n) is 13.0. The van der Waals surface area contributed by atoms with Crippen LogP contribution in [0.15, 0.2) is 48.5 Å². The van der Waals surface area contributed by atoms with Crippen molar-refractivity contribution in [3.8, 4) is 11.5 Å². The van der Waals surface area contributed by atoms with Gasteiger partial charge in [0.05, 0.1) is 0 Å². The lowest BCUT2D eigenvalue weighted by Crippen LogP contribution is -2.30. The zero-order chi connectivity index (χ0) is 26.6. The van der Waals surface area contributed by atoms with Crippen LogP contribution >= 0.6 is 0 Å². The van der Waals surface area contributed by atoms with Gasteiger partial charge in [0.15, 0.2) is 13.2 Å². The SMILES string of the molecule is CC(C)(C)c1ccc(OCC(=O)NCCCCCCNC(=O)COc2ccc(C(C)(C)C)cc2)cc1. The minimum absolute atomic E-state index is 0.0176. The number of amides is 2. The molecule has 0 saturated carbocycles. The summed E-state index contributed by atoms with van der Waals surface area (Å²) >= 11 is 0. The molecule has 0 fully saturated rings. The highest BCUT2D eigenvalue weighted by molar-refractivity contribution is 5.77. The summed E-state index contributed by atoms with van der Waals surface area (Å²) in [6.07, 6.45) is 3.77.